The number of amides is 1. The van der Waals surface area contributed by atoms with Crippen LogP contribution in [0.15, 0.2) is 53.3 Å². The van der Waals surface area contributed by atoms with Crippen LogP contribution < -0.4 is 9.47 Å². The van der Waals surface area contributed by atoms with Crippen molar-refractivity contribution in [2.45, 2.75) is 26.4 Å². The predicted molar refractivity (Wildman–Crippen MR) is 119 cm³/mol. The number of carbonyl (C=O) groups excluding carboxylic acids is 1. The van der Waals surface area contributed by atoms with Gasteiger partial charge in [-0.05, 0) is 49.7 Å². The summed E-state index contributed by atoms with van der Waals surface area (Å²) in [6.45, 7) is 5.56. The van der Waals surface area contributed by atoms with Crippen molar-refractivity contribution in [3.05, 3.63) is 60.0 Å². The van der Waals surface area contributed by atoms with Crippen LogP contribution in [-0.2, 0) is 6.54 Å². The summed E-state index contributed by atoms with van der Waals surface area (Å²) >= 11 is 0. The van der Waals surface area contributed by atoms with Crippen LogP contribution in [0.25, 0.3) is 22.5 Å². The highest BCUT2D eigenvalue weighted by Crippen LogP contribution is 2.32. The van der Waals surface area contributed by atoms with Gasteiger partial charge in [0, 0.05) is 19.6 Å². The normalized spacial score (nSPS) is 13.0. The van der Waals surface area contributed by atoms with Gasteiger partial charge in [-0.25, -0.2) is 9.67 Å². The molecule has 0 atom stereocenters. The Hall–Kier alpha value is -3.81. The van der Waals surface area contributed by atoms with E-state index in [0.29, 0.717) is 53.6 Å². The molecule has 0 bridgehead atoms. The van der Waals surface area contributed by atoms with E-state index in [1.165, 1.54) is 0 Å². The first-order chi connectivity index (χ1) is 15.5. The van der Waals surface area contributed by atoms with Gasteiger partial charge >= 0.3 is 0 Å². The minimum absolute atomic E-state index is 0.102. The van der Waals surface area contributed by atoms with E-state index in [1.54, 1.807) is 36.5 Å². The summed E-state index contributed by atoms with van der Waals surface area (Å²) in [4.78, 5) is 19.9. The number of carbonyl (C=O) groups is 1. The number of benzene rings is 1. The summed E-state index contributed by atoms with van der Waals surface area (Å²) in [6.07, 6.45) is 3.30. The molecule has 1 aromatic carbocycles. The smallest absolute Gasteiger partial charge is 0.254 e. The van der Waals surface area contributed by atoms with Gasteiger partial charge in [-0.15, -0.1) is 0 Å². The van der Waals surface area contributed by atoms with Crippen molar-refractivity contribution >= 4 is 16.9 Å². The number of hydrogen-bond donors (Lipinski definition) is 0. The van der Waals surface area contributed by atoms with Crippen LogP contribution in [0, 0.1) is 0 Å². The third-order valence-electron chi connectivity index (χ3n) is 5.43. The van der Waals surface area contributed by atoms with Gasteiger partial charge in [-0.3, -0.25) is 4.79 Å². The van der Waals surface area contributed by atoms with Gasteiger partial charge in [-0.1, -0.05) is 6.07 Å². The fourth-order valence-electron chi connectivity index (χ4n) is 3.86. The lowest BCUT2D eigenvalue weighted by Crippen LogP contribution is -2.26. The molecular weight excluding hydrogens is 408 g/mol. The molecule has 1 aliphatic rings. The second-order valence-electron chi connectivity index (χ2n) is 8.09. The van der Waals surface area contributed by atoms with Gasteiger partial charge in [-0.2, -0.15) is 5.10 Å². The summed E-state index contributed by atoms with van der Waals surface area (Å²) in [5, 5.41) is 5.19. The molecule has 0 radical (unpaired) electrons. The van der Waals surface area contributed by atoms with Crippen LogP contribution in [0.1, 0.15) is 35.8 Å². The van der Waals surface area contributed by atoms with Gasteiger partial charge in [0.2, 0.25) is 0 Å². The highest BCUT2D eigenvalue weighted by Gasteiger charge is 2.22. The zero-order valence-electron chi connectivity index (χ0n) is 18.2. The maximum absolute atomic E-state index is 13.5. The lowest BCUT2D eigenvalue weighted by Gasteiger charge is -2.21. The molecule has 1 aliphatic heterocycles. The number of ether oxygens (including phenoxy) is 2. The molecule has 164 valence electrons. The maximum atomic E-state index is 13.5. The van der Waals surface area contributed by atoms with E-state index in [0.717, 1.165) is 11.3 Å². The molecule has 0 aliphatic carbocycles. The molecular formula is C24H24N4O4. The topological polar surface area (TPSA) is 82.6 Å². The third-order valence-corrected chi connectivity index (χ3v) is 5.43. The Labute approximate surface area is 185 Å². The fraction of sp³-hybridized carbons (Fsp3) is 0.292. The molecule has 0 fully saturated rings. The first kappa shape index (κ1) is 20.1. The molecule has 8 heteroatoms. The Kier molecular flexibility index (Phi) is 5.05. The predicted octanol–water partition coefficient (Wildman–Crippen LogP) is 4.32. The summed E-state index contributed by atoms with van der Waals surface area (Å²) < 4.78 is 18.6. The highest BCUT2D eigenvalue weighted by molar-refractivity contribution is 6.06. The fourth-order valence-corrected chi connectivity index (χ4v) is 3.86. The number of pyridine rings is 1. The van der Waals surface area contributed by atoms with E-state index < -0.39 is 0 Å². The first-order valence-corrected chi connectivity index (χ1v) is 10.6. The van der Waals surface area contributed by atoms with E-state index in [2.05, 4.69) is 5.10 Å². The highest BCUT2D eigenvalue weighted by atomic mass is 16.6. The van der Waals surface area contributed by atoms with Crippen LogP contribution in [0.2, 0.25) is 0 Å². The molecule has 0 spiro atoms. The summed E-state index contributed by atoms with van der Waals surface area (Å²) in [7, 11) is 1.78. The standard InChI is InChI=1S/C24H24N4O4/c1-15(2)28-23-18(13-25-28)17(12-19(26-23)20-5-4-8-30-20)24(29)27(3)14-16-6-7-21-22(11-16)32-10-9-31-21/h4-8,11-13,15H,9-10,14H2,1-3H3. The molecule has 0 unspecified atom stereocenters. The van der Waals surface area contributed by atoms with E-state index in [-0.39, 0.29) is 11.9 Å². The first-order valence-electron chi connectivity index (χ1n) is 10.6. The van der Waals surface area contributed by atoms with Gasteiger partial charge < -0.3 is 18.8 Å². The Morgan fingerprint density at radius 2 is 1.97 bits per heavy atom. The lowest BCUT2D eigenvalue weighted by atomic mass is 10.1. The summed E-state index contributed by atoms with van der Waals surface area (Å²) in [6, 6.07) is 11.3. The Morgan fingerprint density at radius 1 is 1.16 bits per heavy atom. The lowest BCUT2D eigenvalue weighted by molar-refractivity contribution is 0.0786. The quantitative estimate of drug-likeness (QED) is 0.467. The van der Waals surface area contributed by atoms with E-state index in [9.17, 15) is 4.79 Å². The second-order valence-corrected chi connectivity index (χ2v) is 8.09. The van der Waals surface area contributed by atoms with Gasteiger partial charge in [0.1, 0.15) is 18.9 Å². The Morgan fingerprint density at radius 3 is 2.72 bits per heavy atom. The number of aromatic nitrogens is 3. The number of furan rings is 1. The zero-order chi connectivity index (χ0) is 22.2. The van der Waals surface area contributed by atoms with Gasteiger partial charge in [0.05, 0.1) is 23.4 Å². The SMILES string of the molecule is CC(C)n1ncc2c(C(=O)N(C)Cc3ccc4c(c3)OCCO4)cc(-c3ccco3)nc21. The molecule has 32 heavy (non-hydrogen) atoms. The molecule has 4 aromatic rings. The van der Waals surface area contributed by atoms with Crippen LogP contribution in [0.5, 0.6) is 11.5 Å². The van der Waals surface area contributed by atoms with Crippen molar-refractivity contribution in [2.75, 3.05) is 20.3 Å². The summed E-state index contributed by atoms with van der Waals surface area (Å²) in [5.74, 6) is 1.92. The average molecular weight is 432 g/mol. The molecule has 5 rings (SSSR count). The van der Waals surface area contributed by atoms with Gasteiger partial charge in [0.25, 0.3) is 5.91 Å². The average Bonchev–Trinajstić information content (AvgIpc) is 3.48. The second kappa shape index (κ2) is 8.03. The molecule has 4 heterocycles. The monoisotopic (exact) mass is 432 g/mol. The Bertz CT molecular complexity index is 1280. The van der Waals surface area contributed by atoms with Crippen molar-refractivity contribution in [1.29, 1.82) is 0 Å². The molecule has 0 saturated carbocycles. The zero-order valence-corrected chi connectivity index (χ0v) is 18.2. The number of nitrogens with zero attached hydrogens (tertiary/aromatic N) is 4. The minimum atomic E-state index is -0.122. The summed E-state index contributed by atoms with van der Waals surface area (Å²) in [5.41, 5.74) is 2.75. The van der Waals surface area contributed by atoms with Crippen LogP contribution in [-0.4, -0.2) is 45.8 Å². The molecule has 1 amide bonds. The van der Waals surface area contributed by atoms with E-state index >= 15 is 0 Å². The van der Waals surface area contributed by atoms with E-state index in [1.807, 2.05) is 42.8 Å². The van der Waals surface area contributed by atoms with Crippen molar-refractivity contribution in [3.8, 4) is 23.0 Å². The van der Waals surface area contributed by atoms with Crippen molar-refractivity contribution in [2.24, 2.45) is 0 Å². The van der Waals surface area contributed by atoms with Crippen LogP contribution in [0.4, 0.5) is 0 Å². The maximum Gasteiger partial charge on any atom is 0.254 e. The molecule has 0 saturated heterocycles. The van der Waals surface area contributed by atoms with Crippen molar-refractivity contribution < 1.29 is 18.7 Å². The van der Waals surface area contributed by atoms with Crippen LogP contribution >= 0.6 is 0 Å². The van der Waals surface area contributed by atoms with Crippen molar-refractivity contribution in [1.82, 2.24) is 19.7 Å². The van der Waals surface area contributed by atoms with Crippen LogP contribution in [0.3, 0.4) is 0 Å². The number of rotatable bonds is 5. The van der Waals surface area contributed by atoms with Crippen molar-refractivity contribution in [3.63, 3.8) is 0 Å². The molecule has 3 aromatic heterocycles. The number of fused-ring (bicyclic) bond motifs is 2. The molecule has 8 nitrogen and oxygen atoms in total. The largest absolute Gasteiger partial charge is 0.486 e. The minimum Gasteiger partial charge on any atom is -0.486 e. The van der Waals surface area contributed by atoms with Gasteiger partial charge in [0.15, 0.2) is 22.9 Å². The number of hydrogen-bond acceptors (Lipinski definition) is 6. The molecule has 0 N–H and O–H groups in total. The third kappa shape index (κ3) is 3.57. The Balaban J connectivity index is 1.51. The van der Waals surface area contributed by atoms with E-state index in [4.69, 9.17) is 18.9 Å².